The Labute approximate surface area is 300 Å². The highest BCUT2D eigenvalue weighted by atomic mass is 16.6. The maximum absolute atomic E-state index is 14.5. The Bertz CT molecular complexity index is 1640. The maximum Gasteiger partial charge on any atom is 0.408 e. The Hall–Kier alpha value is -4.41. The van der Waals surface area contributed by atoms with Crippen LogP contribution in [-0.4, -0.2) is 76.2 Å². The van der Waals surface area contributed by atoms with Crippen molar-refractivity contribution in [3.63, 3.8) is 0 Å². The first-order valence-electron chi connectivity index (χ1n) is 18.7. The van der Waals surface area contributed by atoms with Crippen molar-refractivity contribution in [1.82, 2.24) is 20.5 Å². The van der Waals surface area contributed by atoms with Gasteiger partial charge >= 0.3 is 12.1 Å². The number of nitrogens with zero attached hydrogens (tertiary/aromatic N) is 2. The van der Waals surface area contributed by atoms with Crippen LogP contribution in [0.1, 0.15) is 96.6 Å². The summed E-state index contributed by atoms with van der Waals surface area (Å²) < 4.78 is 17.7. The molecule has 11 heteroatoms. The molecule has 1 aromatic carbocycles. The van der Waals surface area contributed by atoms with Gasteiger partial charge in [0.05, 0.1) is 18.8 Å². The van der Waals surface area contributed by atoms with Crippen LogP contribution in [0.15, 0.2) is 48.6 Å². The van der Waals surface area contributed by atoms with Gasteiger partial charge in [0, 0.05) is 23.5 Å². The second-order valence-electron chi connectivity index (χ2n) is 15.3. The number of nitrogens with one attached hydrogen (secondary N) is 2. The fraction of sp³-hybridized carbons (Fsp3) is 0.575. The number of aryl methyl sites for hydroxylation is 1. The zero-order chi connectivity index (χ0) is 36.2. The predicted octanol–water partition coefficient (Wildman–Crippen LogP) is 5.83. The van der Waals surface area contributed by atoms with Gasteiger partial charge in [-0.05, 0) is 90.7 Å². The van der Waals surface area contributed by atoms with Crippen molar-refractivity contribution < 1.29 is 33.4 Å². The molecule has 3 amide bonds. The van der Waals surface area contributed by atoms with Gasteiger partial charge in [-0.15, -0.1) is 0 Å². The molecule has 2 aliphatic heterocycles. The number of allylic oxidation sites excluding steroid dienone is 1. The van der Waals surface area contributed by atoms with E-state index in [1.807, 2.05) is 36.4 Å². The van der Waals surface area contributed by atoms with Crippen molar-refractivity contribution in [3.05, 3.63) is 59.7 Å². The summed E-state index contributed by atoms with van der Waals surface area (Å²) in [6.07, 6.45) is 10.9. The van der Waals surface area contributed by atoms with Crippen LogP contribution in [0.2, 0.25) is 0 Å². The van der Waals surface area contributed by atoms with Gasteiger partial charge in [0.25, 0.3) is 0 Å². The van der Waals surface area contributed by atoms with Crippen LogP contribution >= 0.6 is 0 Å². The van der Waals surface area contributed by atoms with Crippen molar-refractivity contribution in [1.29, 1.82) is 0 Å². The minimum atomic E-state index is -1.18. The number of hydrogen-bond acceptors (Lipinski definition) is 8. The highest BCUT2D eigenvalue weighted by Gasteiger charge is 2.62. The molecule has 6 rings (SSSR count). The van der Waals surface area contributed by atoms with E-state index in [0.29, 0.717) is 25.1 Å². The Morgan fingerprint density at radius 1 is 1.06 bits per heavy atom. The molecule has 2 aromatic rings. The summed E-state index contributed by atoms with van der Waals surface area (Å²) >= 11 is 0. The quantitative estimate of drug-likeness (QED) is 0.284. The van der Waals surface area contributed by atoms with Crippen molar-refractivity contribution >= 4 is 23.9 Å². The molecule has 11 nitrogen and oxygen atoms in total. The number of amides is 3. The lowest BCUT2D eigenvalue weighted by molar-refractivity contribution is -0.150. The molecule has 0 bridgehead atoms. The SMILES string of the molecule is CCOC(=O)[C@@]12C[C@H]1/C=C\CCCCC[C@H](NC(=O)OC(C)(C)C)C(=O)N1C[C@H](Oc3nc(-c4ccccc4)cc4c3CCCC4)C[C@H]1C(=O)N2. The molecule has 1 saturated carbocycles. The van der Waals surface area contributed by atoms with Crippen molar-refractivity contribution in [3.8, 4) is 17.1 Å². The number of pyridine rings is 1. The second-order valence-corrected chi connectivity index (χ2v) is 15.3. The molecule has 0 radical (unpaired) electrons. The Morgan fingerprint density at radius 2 is 1.84 bits per heavy atom. The second kappa shape index (κ2) is 15.5. The van der Waals surface area contributed by atoms with Crippen LogP contribution in [0.5, 0.6) is 5.88 Å². The first kappa shape index (κ1) is 36.4. The third-order valence-corrected chi connectivity index (χ3v) is 10.2. The molecule has 5 atom stereocenters. The van der Waals surface area contributed by atoms with E-state index in [2.05, 4.69) is 22.8 Å². The third kappa shape index (κ3) is 8.56. The number of carbonyl (C=O) groups is 4. The number of rotatable bonds is 6. The number of carbonyl (C=O) groups excluding carboxylic acids is 4. The molecule has 0 spiro atoms. The number of esters is 1. The highest BCUT2D eigenvalue weighted by Crippen LogP contribution is 2.46. The van der Waals surface area contributed by atoms with E-state index in [1.165, 1.54) is 10.5 Å². The lowest BCUT2D eigenvalue weighted by atomic mass is 9.91. The number of alkyl carbamates (subject to hydrolysis) is 1. The summed E-state index contributed by atoms with van der Waals surface area (Å²) in [6, 6.07) is 10.3. The van der Waals surface area contributed by atoms with E-state index >= 15 is 0 Å². The van der Waals surface area contributed by atoms with Gasteiger partial charge in [-0.2, -0.15) is 0 Å². The summed E-state index contributed by atoms with van der Waals surface area (Å²) in [7, 11) is 0. The minimum Gasteiger partial charge on any atom is -0.472 e. The van der Waals surface area contributed by atoms with Crippen molar-refractivity contribution in [2.45, 2.75) is 128 Å². The van der Waals surface area contributed by atoms with E-state index in [1.54, 1.807) is 27.7 Å². The third-order valence-electron chi connectivity index (χ3n) is 10.2. The molecule has 2 N–H and O–H groups in total. The monoisotopic (exact) mass is 700 g/mol. The average Bonchev–Trinajstić information content (AvgIpc) is 3.63. The minimum absolute atomic E-state index is 0.116. The normalized spacial score (nSPS) is 27.3. The van der Waals surface area contributed by atoms with Gasteiger partial charge in [-0.1, -0.05) is 55.3 Å². The molecular weight excluding hydrogens is 648 g/mol. The zero-order valence-corrected chi connectivity index (χ0v) is 30.4. The topological polar surface area (TPSA) is 136 Å². The smallest absolute Gasteiger partial charge is 0.408 e. The molecular formula is C40H52N4O7. The van der Waals surface area contributed by atoms with E-state index in [9.17, 15) is 19.2 Å². The fourth-order valence-corrected chi connectivity index (χ4v) is 7.56. The van der Waals surface area contributed by atoms with Crippen LogP contribution < -0.4 is 15.4 Å². The van der Waals surface area contributed by atoms with Gasteiger partial charge in [0.15, 0.2) is 0 Å². The first-order chi connectivity index (χ1) is 24.5. The summed E-state index contributed by atoms with van der Waals surface area (Å²) in [5.41, 5.74) is 2.14. The van der Waals surface area contributed by atoms with Crippen molar-refractivity contribution in [2.75, 3.05) is 13.2 Å². The van der Waals surface area contributed by atoms with E-state index < -0.39 is 47.3 Å². The van der Waals surface area contributed by atoms with Crippen LogP contribution in [0, 0.1) is 5.92 Å². The van der Waals surface area contributed by atoms with Gasteiger partial charge in [-0.25, -0.2) is 14.6 Å². The number of hydrogen-bond donors (Lipinski definition) is 2. The van der Waals surface area contributed by atoms with Crippen LogP contribution in [0.25, 0.3) is 11.3 Å². The highest BCUT2D eigenvalue weighted by molar-refractivity contribution is 5.96. The number of aromatic nitrogens is 1. The average molecular weight is 701 g/mol. The van der Waals surface area contributed by atoms with E-state index in [4.69, 9.17) is 19.2 Å². The Morgan fingerprint density at radius 3 is 2.61 bits per heavy atom. The number of ether oxygens (including phenoxy) is 3. The van der Waals surface area contributed by atoms with Gasteiger partial charge in [-0.3, -0.25) is 9.59 Å². The largest absolute Gasteiger partial charge is 0.472 e. The molecule has 0 unspecified atom stereocenters. The van der Waals surface area contributed by atoms with E-state index in [0.717, 1.165) is 61.8 Å². The van der Waals surface area contributed by atoms with Crippen molar-refractivity contribution in [2.24, 2.45) is 5.92 Å². The summed E-state index contributed by atoms with van der Waals surface area (Å²) in [5.74, 6) is -0.964. The summed E-state index contributed by atoms with van der Waals surface area (Å²) in [5, 5.41) is 5.83. The summed E-state index contributed by atoms with van der Waals surface area (Å²) in [4.78, 5) is 61.6. The Kier molecular flexibility index (Phi) is 11.0. The first-order valence-corrected chi connectivity index (χ1v) is 18.7. The van der Waals surface area contributed by atoms with E-state index in [-0.39, 0.29) is 31.4 Å². The molecule has 274 valence electrons. The predicted molar refractivity (Wildman–Crippen MR) is 192 cm³/mol. The standard InChI is InChI=1S/C40H52N4O7/c1-5-49-37(47)40-24-28(40)19-12-7-6-8-13-21-31(42-38(48)51-39(2,3)4)36(46)44-25-29(23-33(44)34(45)43-40)50-35-30-20-15-14-18-27(30)22-32(41-35)26-16-10-9-11-17-26/h9-12,16-17,19,22,28-29,31,33H,5-8,13-15,18,20-21,23-25H2,1-4H3,(H,42,48)(H,43,45)/b19-12-/t28-,29-,31+,33+,40-/m1/s1. The number of benzene rings is 1. The molecule has 2 aliphatic carbocycles. The zero-order valence-electron chi connectivity index (χ0n) is 30.4. The molecule has 4 aliphatic rings. The van der Waals surface area contributed by atoms with Crippen LogP contribution in [0.3, 0.4) is 0 Å². The molecule has 2 fully saturated rings. The number of fused-ring (bicyclic) bond motifs is 3. The van der Waals surface area contributed by atoms with Gasteiger partial charge in [0.1, 0.15) is 29.3 Å². The molecule has 1 aromatic heterocycles. The summed E-state index contributed by atoms with van der Waals surface area (Å²) in [6.45, 7) is 7.36. The van der Waals surface area contributed by atoms with Crippen LogP contribution in [-0.2, 0) is 36.7 Å². The fourth-order valence-electron chi connectivity index (χ4n) is 7.56. The van der Waals surface area contributed by atoms with Gasteiger partial charge in [0.2, 0.25) is 17.7 Å². The lowest BCUT2D eigenvalue weighted by Gasteiger charge is -2.30. The molecule has 51 heavy (non-hydrogen) atoms. The maximum atomic E-state index is 14.5. The Balaban J connectivity index is 1.32. The molecule has 1 saturated heterocycles. The lowest BCUT2D eigenvalue weighted by Crippen LogP contribution is -2.56. The van der Waals surface area contributed by atoms with Crippen LogP contribution in [0.4, 0.5) is 4.79 Å². The van der Waals surface area contributed by atoms with Gasteiger partial charge < -0.3 is 29.7 Å². The molecule has 3 heterocycles.